The number of esters is 1. The lowest BCUT2D eigenvalue weighted by Gasteiger charge is -2.31. The van der Waals surface area contributed by atoms with Crippen LogP contribution in [-0.2, 0) is 14.3 Å². The van der Waals surface area contributed by atoms with Gasteiger partial charge in [0.05, 0.1) is 7.11 Å². The Labute approximate surface area is 105 Å². The summed E-state index contributed by atoms with van der Waals surface area (Å²) in [6, 6.07) is -0.351. The van der Waals surface area contributed by atoms with E-state index in [1.807, 2.05) is 0 Å². The number of hydrogen-bond acceptors (Lipinski definition) is 4. The van der Waals surface area contributed by atoms with Gasteiger partial charge in [-0.05, 0) is 18.8 Å². The number of urea groups is 1. The summed E-state index contributed by atoms with van der Waals surface area (Å²) in [7, 11) is 1.25. The topological polar surface area (TPSA) is 95.9 Å². The SMILES string of the molecule is COC(=O)CNC(=O)N1CCCC(CC(=O)O)C1. The fourth-order valence-corrected chi connectivity index (χ4v) is 1.99. The van der Waals surface area contributed by atoms with Gasteiger partial charge in [-0.2, -0.15) is 0 Å². The van der Waals surface area contributed by atoms with Crippen LogP contribution in [0.1, 0.15) is 19.3 Å². The highest BCUT2D eigenvalue weighted by molar-refractivity contribution is 5.80. The number of carboxylic acid groups (broad SMARTS) is 1. The molecule has 1 aliphatic rings. The Bertz CT molecular complexity index is 331. The molecule has 1 saturated heterocycles. The molecule has 0 aromatic carbocycles. The van der Waals surface area contributed by atoms with Gasteiger partial charge in [0.1, 0.15) is 6.54 Å². The summed E-state index contributed by atoms with van der Waals surface area (Å²) in [6.45, 7) is 0.831. The van der Waals surface area contributed by atoms with Crippen molar-refractivity contribution < 1.29 is 24.2 Å². The minimum absolute atomic E-state index is 0.0138. The molecule has 0 saturated carbocycles. The Balaban J connectivity index is 2.38. The van der Waals surface area contributed by atoms with Crippen molar-refractivity contribution in [2.45, 2.75) is 19.3 Å². The van der Waals surface area contributed by atoms with Gasteiger partial charge in [0.25, 0.3) is 0 Å². The number of nitrogens with zero attached hydrogens (tertiary/aromatic N) is 1. The second-order valence-electron chi connectivity index (χ2n) is 4.29. The first kappa shape index (κ1) is 14.3. The van der Waals surface area contributed by atoms with E-state index in [0.717, 1.165) is 12.8 Å². The molecule has 2 amide bonds. The van der Waals surface area contributed by atoms with E-state index in [9.17, 15) is 14.4 Å². The van der Waals surface area contributed by atoms with E-state index in [1.54, 1.807) is 4.90 Å². The van der Waals surface area contributed by atoms with Crippen LogP contribution in [0.15, 0.2) is 0 Å². The summed E-state index contributed by atoms with van der Waals surface area (Å²) in [5.74, 6) is -1.38. The van der Waals surface area contributed by atoms with E-state index >= 15 is 0 Å². The number of nitrogens with one attached hydrogen (secondary N) is 1. The van der Waals surface area contributed by atoms with Crippen LogP contribution in [0.2, 0.25) is 0 Å². The van der Waals surface area contributed by atoms with Crippen molar-refractivity contribution in [1.29, 1.82) is 0 Å². The van der Waals surface area contributed by atoms with Crippen molar-refractivity contribution >= 4 is 18.0 Å². The number of carboxylic acids is 1. The van der Waals surface area contributed by atoms with Crippen molar-refractivity contribution in [1.82, 2.24) is 10.2 Å². The van der Waals surface area contributed by atoms with Gasteiger partial charge in [-0.15, -0.1) is 0 Å². The number of carbonyl (C=O) groups is 3. The molecule has 1 atom stereocenters. The monoisotopic (exact) mass is 258 g/mol. The maximum absolute atomic E-state index is 11.7. The summed E-state index contributed by atoms with van der Waals surface area (Å²) in [4.78, 5) is 34.7. The number of rotatable bonds is 4. The number of aliphatic carboxylic acids is 1. The average Bonchev–Trinajstić information content (AvgIpc) is 2.35. The highest BCUT2D eigenvalue weighted by atomic mass is 16.5. The predicted molar refractivity (Wildman–Crippen MR) is 62.0 cm³/mol. The first-order chi connectivity index (χ1) is 8.52. The predicted octanol–water partition coefficient (Wildman–Crippen LogP) is 0.0557. The first-order valence-corrected chi connectivity index (χ1v) is 5.84. The first-order valence-electron chi connectivity index (χ1n) is 5.84. The van der Waals surface area contributed by atoms with Gasteiger partial charge in [0, 0.05) is 19.5 Å². The van der Waals surface area contributed by atoms with E-state index in [-0.39, 0.29) is 24.9 Å². The number of piperidine rings is 1. The Kier molecular flexibility index (Phi) is 5.41. The van der Waals surface area contributed by atoms with Crippen LogP contribution in [0.4, 0.5) is 4.79 Å². The second kappa shape index (κ2) is 6.83. The molecule has 0 aromatic heterocycles. The van der Waals surface area contributed by atoms with Gasteiger partial charge < -0.3 is 20.1 Å². The standard InChI is InChI=1S/C11H18N2O5/c1-18-10(16)6-12-11(17)13-4-2-3-8(7-13)5-9(14)15/h8H,2-7H2,1H3,(H,12,17)(H,14,15). The molecule has 1 unspecified atom stereocenters. The summed E-state index contributed by atoms with van der Waals surface area (Å²) < 4.78 is 4.41. The quantitative estimate of drug-likeness (QED) is 0.695. The highest BCUT2D eigenvalue weighted by Crippen LogP contribution is 2.19. The fraction of sp³-hybridized carbons (Fsp3) is 0.727. The number of likely N-dealkylation sites (tertiary alicyclic amines) is 1. The van der Waals surface area contributed by atoms with E-state index in [2.05, 4.69) is 10.1 Å². The van der Waals surface area contributed by atoms with E-state index in [1.165, 1.54) is 7.11 Å². The molecule has 102 valence electrons. The number of carbonyl (C=O) groups excluding carboxylic acids is 2. The third kappa shape index (κ3) is 4.60. The number of ether oxygens (including phenoxy) is 1. The molecule has 2 N–H and O–H groups in total. The third-order valence-electron chi connectivity index (χ3n) is 2.88. The summed E-state index contributed by atoms with van der Waals surface area (Å²) >= 11 is 0. The zero-order valence-corrected chi connectivity index (χ0v) is 10.3. The molecule has 0 aliphatic carbocycles. The van der Waals surface area contributed by atoms with Crippen molar-refractivity contribution in [2.75, 3.05) is 26.7 Å². The maximum Gasteiger partial charge on any atom is 0.325 e. The summed E-state index contributed by atoms with van der Waals surface area (Å²) in [5, 5.41) is 11.2. The Hall–Kier alpha value is -1.79. The fourth-order valence-electron chi connectivity index (χ4n) is 1.99. The Morgan fingerprint density at radius 2 is 2.17 bits per heavy atom. The lowest BCUT2D eigenvalue weighted by atomic mass is 9.95. The van der Waals surface area contributed by atoms with Gasteiger partial charge in [0.15, 0.2) is 0 Å². The molecule has 7 heteroatoms. The van der Waals surface area contributed by atoms with E-state index < -0.39 is 11.9 Å². The largest absolute Gasteiger partial charge is 0.481 e. The normalized spacial score (nSPS) is 19.2. The van der Waals surface area contributed by atoms with Crippen LogP contribution < -0.4 is 5.32 Å². The molecule has 1 aliphatic heterocycles. The smallest absolute Gasteiger partial charge is 0.325 e. The zero-order chi connectivity index (χ0) is 13.5. The van der Waals surface area contributed by atoms with Crippen molar-refractivity contribution in [3.63, 3.8) is 0 Å². The second-order valence-corrected chi connectivity index (χ2v) is 4.29. The van der Waals surface area contributed by atoms with Crippen LogP contribution >= 0.6 is 0 Å². The van der Waals surface area contributed by atoms with Crippen molar-refractivity contribution in [3.05, 3.63) is 0 Å². The molecule has 7 nitrogen and oxygen atoms in total. The molecule has 0 radical (unpaired) electrons. The molecule has 0 bridgehead atoms. The van der Waals surface area contributed by atoms with E-state index in [4.69, 9.17) is 5.11 Å². The highest BCUT2D eigenvalue weighted by Gasteiger charge is 2.25. The average molecular weight is 258 g/mol. The Morgan fingerprint density at radius 3 is 2.78 bits per heavy atom. The molecular formula is C11H18N2O5. The van der Waals surface area contributed by atoms with Gasteiger partial charge in [0.2, 0.25) is 0 Å². The molecule has 1 heterocycles. The number of amides is 2. The molecule has 18 heavy (non-hydrogen) atoms. The third-order valence-corrected chi connectivity index (χ3v) is 2.88. The number of methoxy groups -OCH3 is 1. The molecule has 1 rings (SSSR count). The molecule has 1 fully saturated rings. The lowest BCUT2D eigenvalue weighted by molar-refractivity contribution is -0.139. The van der Waals surface area contributed by atoms with E-state index in [0.29, 0.717) is 13.1 Å². The van der Waals surface area contributed by atoms with Crippen molar-refractivity contribution in [2.24, 2.45) is 5.92 Å². The van der Waals surface area contributed by atoms with Crippen LogP contribution in [0.25, 0.3) is 0 Å². The van der Waals surface area contributed by atoms with Gasteiger partial charge >= 0.3 is 18.0 Å². The maximum atomic E-state index is 11.7. The van der Waals surface area contributed by atoms with Crippen LogP contribution in [0, 0.1) is 5.92 Å². The molecule has 0 aromatic rings. The minimum atomic E-state index is -0.850. The van der Waals surface area contributed by atoms with Gasteiger partial charge in [-0.3, -0.25) is 9.59 Å². The molecule has 0 spiro atoms. The minimum Gasteiger partial charge on any atom is -0.481 e. The van der Waals surface area contributed by atoms with Crippen LogP contribution in [-0.4, -0.2) is 54.7 Å². The van der Waals surface area contributed by atoms with Crippen LogP contribution in [0.5, 0.6) is 0 Å². The Morgan fingerprint density at radius 1 is 1.44 bits per heavy atom. The lowest BCUT2D eigenvalue weighted by Crippen LogP contribution is -2.47. The van der Waals surface area contributed by atoms with Crippen molar-refractivity contribution in [3.8, 4) is 0 Å². The van der Waals surface area contributed by atoms with Gasteiger partial charge in [-0.25, -0.2) is 4.79 Å². The van der Waals surface area contributed by atoms with Crippen LogP contribution in [0.3, 0.4) is 0 Å². The van der Waals surface area contributed by atoms with Gasteiger partial charge in [-0.1, -0.05) is 0 Å². The molecular weight excluding hydrogens is 240 g/mol. The number of hydrogen-bond donors (Lipinski definition) is 2. The summed E-state index contributed by atoms with van der Waals surface area (Å²) in [6.07, 6.45) is 1.66. The summed E-state index contributed by atoms with van der Waals surface area (Å²) in [5.41, 5.74) is 0. The zero-order valence-electron chi connectivity index (χ0n) is 10.3.